The maximum Gasteiger partial charge on any atom is 0.256 e. The van der Waals surface area contributed by atoms with Crippen LogP contribution >= 0.6 is 11.6 Å². The minimum atomic E-state index is -0.805. The zero-order valence-electron chi connectivity index (χ0n) is 19.6. The van der Waals surface area contributed by atoms with Crippen molar-refractivity contribution in [2.24, 2.45) is 0 Å². The number of hydrogen-bond donors (Lipinski definition) is 2. The Morgan fingerprint density at radius 3 is 2.41 bits per heavy atom. The van der Waals surface area contributed by atoms with E-state index < -0.39 is 6.04 Å². The largest absolute Gasteiger partial charge is 0.323 e. The predicted octanol–water partition coefficient (Wildman–Crippen LogP) is 4.59. The van der Waals surface area contributed by atoms with E-state index in [1.165, 1.54) is 4.90 Å². The monoisotopic (exact) mass is 511 g/mol. The number of nitrogens with zero attached hydrogens (tertiary/aromatic N) is 3. The van der Waals surface area contributed by atoms with Gasteiger partial charge in [0.2, 0.25) is 5.91 Å². The number of carbonyl (C=O) groups excluding carboxylic acids is 3. The summed E-state index contributed by atoms with van der Waals surface area (Å²) in [5, 5.41) is 6.02. The van der Waals surface area contributed by atoms with Crippen molar-refractivity contribution in [2.75, 3.05) is 10.6 Å². The van der Waals surface area contributed by atoms with Crippen molar-refractivity contribution in [3.63, 3.8) is 0 Å². The third kappa shape index (κ3) is 5.49. The summed E-state index contributed by atoms with van der Waals surface area (Å²) in [6, 6.07) is 21.6. The summed E-state index contributed by atoms with van der Waals surface area (Å²) in [5.74, 6) is -0.475. The molecule has 8 nitrogen and oxygen atoms in total. The number of halogens is 1. The number of carbonyl (C=O) groups is 3. The fraction of sp³-hybridized carbons (Fsp3) is 0.107. The Morgan fingerprint density at radius 2 is 1.70 bits per heavy atom. The Bertz CT molecular complexity index is 1450. The van der Waals surface area contributed by atoms with Gasteiger partial charge in [0.1, 0.15) is 11.9 Å². The molecule has 0 spiro atoms. The van der Waals surface area contributed by atoms with Crippen LogP contribution in [-0.2, 0) is 17.8 Å². The fourth-order valence-corrected chi connectivity index (χ4v) is 4.32. The minimum Gasteiger partial charge on any atom is -0.323 e. The number of hydrogen-bond acceptors (Lipinski definition) is 5. The Labute approximate surface area is 218 Å². The average Bonchev–Trinajstić information content (AvgIpc) is 3.00. The summed E-state index contributed by atoms with van der Waals surface area (Å²) < 4.78 is 0. The summed E-state index contributed by atoms with van der Waals surface area (Å²) in [6.45, 7) is 0.161. The van der Waals surface area contributed by atoms with Crippen molar-refractivity contribution in [3.8, 4) is 0 Å². The third-order valence-corrected chi connectivity index (χ3v) is 6.25. The van der Waals surface area contributed by atoms with Crippen molar-refractivity contribution in [3.05, 3.63) is 119 Å². The first-order valence-corrected chi connectivity index (χ1v) is 12.0. The fourth-order valence-electron chi connectivity index (χ4n) is 4.15. The lowest BCUT2D eigenvalue weighted by atomic mass is 10.0. The predicted molar refractivity (Wildman–Crippen MR) is 140 cm³/mol. The number of rotatable bonds is 6. The molecule has 1 atom stereocenters. The first kappa shape index (κ1) is 24.1. The summed E-state index contributed by atoms with van der Waals surface area (Å²) >= 11 is 6.13. The molecule has 4 aromatic rings. The lowest BCUT2D eigenvalue weighted by Gasteiger charge is -2.28. The summed E-state index contributed by atoms with van der Waals surface area (Å²) in [4.78, 5) is 49.6. The van der Waals surface area contributed by atoms with Crippen molar-refractivity contribution >= 4 is 40.8 Å². The summed E-state index contributed by atoms with van der Waals surface area (Å²) in [7, 11) is 0. The van der Waals surface area contributed by atoms with Gasteiger partial charge in [-0.2, -0.15) is 0 Å². The molecule has 0 saturated carbocycles. The van der Waals surface area contributed by atoms with Crippen molar-refractivity contribution in [1.29, 1.82) is 0 Å². The Hall–Kier alpha value is -4.56. The second-order valence-electron chi connectivity index (χ2n) is 8.52. The van der Waals surface area contributed by atoms with E-state index in [0.717, 1.165) is 5.56 Å². The van der Waals surface area contributed by atoms with Crippen LogP contribution in [0.4, 0.5) is 11.5 Å². The molecule has 0 saturated heterocycles. The molecular weight excluding hydrogens is 490 g/mol. The second-order valence-corrected chi connectivity index (χ2v) is 8.96. The number of pyridine rings is 2. The third-order valence-electron chi connectivity index (χ3n) is 6.01. The molecule has 1 aliphatic heterocycles. The van der Waals surface area contributed by atoms with Gasteiger partial charge < -0.3 is 15.5 Å². The van der Waals surface area contributed by atoms with Crippen LogP contribution in [0, 0.1) is 0 Å². The summed E-state index contributed by atoms with van der Waals surface area (Å²) in [6.07, 6.45) is 3.49. The van der Waals surface area contributed by atoms with Gasteiger partial charge in [-0.3, -0.25) is 19.4 Å². The number of anilines is 2. The molecule has 0 fully saturated rings. The molecule has 0 unspecified atom stereocenters. The van der Waals surface area contributed by atoms with E-state index in [1.807, 2.05) is 12.1 Å². The molecule has 3 heterocycles. The van der Waals surface area contributed by atoms with Gasteiger partial charge in [0.05, 0.1) is 11.3 Å². The Morgan fingerprint density at radius 1 is 0.946 bits per heavy atom. The number of fused-ring (bicyclic) bond motifs is 1. The van der Waals surface area contributed by atoms with Crippen LogP contribution in [0.15, 0.2) is 91.3 Å². The van der Waals surface area contributed by atoms with Gasteiger partial charge in [-0.1, -0.05) is 35.9 Å². The first-order chi connectivity index (χ1) is 18.0. The van der Waals surface area contributed by atoms with Crippen LogP contribution in [0.2, 0.25) is 5.02 Å². The Balaban J connectivity index is 1.42. The number of nitrogens with one attached hydrogen (secondary N) is 2. The van der Waals surface area contributed by atoms with Gasteiger partial charge >= 0.3 is 0 Å². The van der Waals surface area contributed by atoms with Crippen molar-refractivity contribution in [1.82, 2.24) is 14.9 Å². The highest BCUT2D eigenvalue weighted by atomic mass is 35.5. The van der Waals surface area contributed by atoms with Crippen LogP contribution in [-0.4, -0.2) is 38.6 Å². The zero-order valence-corrected chi connectivity index (χ0v) is 20.4. The zero-order chi connectivity index (χ0) is 25.8. The Kier molecular flexibility index (Phi) is 6.91. The second kappa shape index (κ2) is 10.6. The van der Waals surface area contributed by atoms with E-state index in [-0.39, 0.29) is 30.7 Å². The van der Waals surface area contributed by atoms with Crippen LogP contribution < -0.4 is 10.6 Å². The van der Waals surface area contributed by atoms with E-state index in [1.54, 1.807) is 79.1 Å². The van der Waals surface area contributed by atoms with E-state index in [9.17, 15) is 14.4 Å². The molecule has 184 valence electrons. The molecular formula is C28H22ClN5O3. The highest BCUT2D eigenvalue weighted by molar-refractivity contribution is 6.31. The number of amides is 3. The van der Waals surface area contributed by atoms with Crippen LogP contribution in [0.25, 0.3) is 0 Å². The summed E-state index contributed by atoms with van der Waals surface area (Å²) in [5.41, 5.74) is 2.62. The van der Waals surface area contributed by atoms with Gasteiger partial charge in [-0.05, 0) is 60.2 Å². The van der Waals surface area contributed by atoms with Crippen molar-refractivity contribution in [2.45, 2.75) is 19.0 Å². The van der Waals surface area contributed by atoms with Crippen LogP contribution in [0.3, 0.4) is 0 Å². The van der Waals surface area contributed by atoms with Crippen LogP contribution in [0.1, 0.15) is 32.0 Å². The normalized spacial score (nSPS) is 14.9. The lowest BCUT2D eigenvalue weighted by molar-refractivity contribution is -0.120. The van der Waals surface area contributed by atoms with Gasteiger partial charge in [-0.15, -0.1) is 0 Å². The number of aromatic nitrogens is 2. The molecule has 9 heteroatoms. The lowest BCUT2D eigenvalue weighted by Crippen LogP contribution is -2.46. The average molecular weight is 512 g/mol. The SMILES string of the molecule is O=C(Nc1ccccn1)c1ccc(CN2C(=O)c3ccc(Cl)cc3NC(=O)[C@@H]2Cc2ccccn2)cc1. The first-order valence-electron chi connectivity index (χ1n) is 11.6. The van der Waals surface area contributed by atoms with E-state index in [4.69, 9.17) is 11.6 Å². The highest BCUT2D eigenvalue weighted by Gasteiger charge is 2.36. The van der Waals surface area contributed by atoms with Crippen molar-refractivity contribution < 1.29 is 14.4 Å². The maximum absolute atomic E-state index is 13.7. The smallest absolute Gasteiger partial charge is 0.256 e. The van der Waals surface area contributed by atoms with Gasteiger partial charge in [-0.25, -0.2) is 4.98 Å². The molecule has 2 N–H and O–H groups in total. The van der Waals surface area contributed by atoms with E-state index >= 15 is 0 Å². The molecule has 2 aromatic heterocycles. The highest BCUT2D eigenvalue weighted by Crippen LogP contribution is 2.28. The number of benzene rings is 2. The molecule has 0 aliphatic carbocycles. The van der Waals surface area contributed by atoms with Gasteiger partial charge in [0.15, 0.2) is 0 Å². The molecule has 37 heavy (non-hydrogen) atoms. The van der Waals surface area contributed by atoms with Gasteiger partial charge in [0.25, 0.3) is 11.8 Å². The topological polar surface area (TPSA) is 104 Å². The van der Waals surface area contributed by atoms with Gasteiger partial charge in [0, 0.05) is 41.6 Å². The standard InChI is InChI=1S/C28H22ClN5O3/c29-20-11-12-22-23(15-20)32-27(36)24(16-21-5-1-3-13-30-21)34(28(22)37)17-18-7-9-19(10-8-18)26(35)33-25-6-2-4-14-31-25/h1-15,24H,16-17H2,(H,32,36)(H,31,33,35)/t24-/m0/s1. The van der Waals surface area contributed by atoms with E-state index in [2.05, 4.69) is 20.6 Å². The molecule has 1 aliphatic rings. The van der Waals surface area contributed by atoms with Crippen LogP contribution in [0.5, 0.6) is 0 Å². The van der Waals surface area contributed by atoms with E-state index in [0.29, 0.717) is 33.3 Å². The molecule has 3 amide bonds. The molecule has 0 bridgehead atoms. The maximum atomic E-state index is 13.7. The molecule has 5 rings (SSSR count). The minimum absolute atomic E-state index is 0.161. The quantitative estimate of drug-likeness (QED) is 0.394. The molecule has 2 aromatic carbocycles. The molecule has 0 radical (unpaired) electrons.